The van der Waals surface area contributed by atoms with Crippen molar-refractivity contribution in [3.63, 3.8) is 0 Å². The third-order valence-corrected chi connectivity index (χ3v) is 3.78. The van der Waals surface area contributed by atoms with Crippen LogP contribution in [0.15, 0.2) is 48.5 Å². The summed E-state index contributed by atoms with van der Waals surface area (Å²) in [6.45, 7) is 7.73. The van der Waals surface area contributed by atoms with Crippen molar-refractivity contribution < 1.29 is 9.47 Å². The van der Waals surface area contributed by atoms with Gasteiger partial charge in [0.1, 0.15) is 18.1 Å². The zero-order valence-electron chi connectivity index (χ0n) is 14.3. The van der Waals surface area contributed by atoms with Crippen molar-refractivity contribution in [2.75, 3.05) is 18.5 Å². The van der Waals surface area contributed by atoms with Gasteiger partial charge in [-0.3, -0.25) is 0 Å². The third-order valence-electron chi connectivity index (χ3n) is 3.78. The van der Waals surface area contributed by atoms with Crippen LogP contribution in [0.3, 0.4) is 0 Å². The molecule has 0 amide bonds. The highest BCUT2D eigenvalue weighted by Gasteiger charge is 2.02. The number of rotatable bonds is 9. The lowest BCUT2D eigenvalue weighted by Gasteiger charge is -2.14. The summed E-state index contributed by atoms with van der Waals surface area (Å²) in [5, 5.41) is 3.36. The van der Waals surface area contributed by atoms with E-state index in [1.54, 1.807) is 0 Å². The van der Waals surface area contributed by atoms with E-state index in [2.05, 4.69) is 38.2 Å². The molecule has 0 aliphatic heterocycles. The minimum Gasteiger partial charge on any atom is -0.492 e. The van der Waals surface area contributed by atoms with E-state index >= 15 is 0 Å². The summed E-state index contributed by atoms with van der Waals surface area (Å²) in [5.41, 5.74) is 2.38. The van der Waals surface area contributed by atoms with E-state index < -0.39 is 0 Å². The highest BCUT2D eigenvalue weighted by atomic mass is 16.5. The van der Waals surface area contributed by atoms with Gasteiger partial charge in [0.25, 0.3) is 0 Å². The molecular formula is C20H27NO2. The molecule has 124 valence electrons. The zero-order valence-corrected chi connectivity index (χ0v) is 14.3. The molecule has 0 fully saturated rings. The maximum atomic E-state index is 5.83. The van der Waals surface area contributed by atoms with Crippen molar-refractivity contribution in [3.05, 3.63) is 54.1 Å². The quantitative estimate of drug-likeness (QED) is 0.667. The molecule has 0 aromatic heterocycles. The van der Waals surface area contributed by atoms with Crippen molar-refractivity contribution in [1.29, 1.82) is 0 Å². The second-order valence-corrected chi connectivity index (χ2v) is 5.64. The van der Waals surface area contributed by atoms with E-state index in [1.165, 1.54) is 5.56 Å². The minimum atomic E-state index is 0.236. The summed E-state index contributed by atoms with van der Waals surface area (Å²) >= 11 is 0. The summed E-state index contributed by atoms with van der Waals surface area (Å²) < 4.78 is 11.6. The van der Waals surface area contributed by atoms with Gasteiger partial charge in [-0.15, -0.1) is 0 Å². The van der Waals surface area contributed by atoms with Crippen LogP contribution in [-0.2, 0) is 6.42 Å². The summed E-state index contributed by atoms with van der Waals surface area (Å²) in [4.78, 5) is 0. The summed E-state index contributed by atoms with van der Waals surface area (Å²) in [6.07, 6.45) is 2.29. The molecule has 1 N–H and O–H groups in total. The first-order valence-electron chi connectivity index (χ1n) is 8.43. The fourth-order valence-electron chi connectivity index (χ4n) is 2.18. The van der Waals surface area contributed by atoms with E-state index in [-0.39, 0.29) is 6.10 Å². The third kappa shape index (κ3) is 5.85. The van der Waals surface area contributed by atoms with E-state index in [4.69, 9.17) is 9.47 Å². The largest absolute Gasteiger partial charge is 0.492 e. The minimum absolute atomic E-state index is 0.236. The molecule has 0 radical (unpaired) electrons. The molecular weight excluding hydrogens is 286 g/mol. The molecule has 0 aliphatic carbocycles. The number of anilines is 1. The maximum absolute atomic E-state index is 5.83. The van der Waals surface area contributed by atoms with Gasteiger partial charge >= 0.3 is 0 Å². The Kier molecular flexibility index (Phi) is 6.79. The van der Waals surface area contributed by atoms with Gasteiger partial charge in [0.15, 0.2) is 0 Å². The lowest BCUT2D eigenvalue weighted by atomic mass is 10.2. The number of nitrogens with one attached hydrogen (secondary N) is 1. The first-order valence-corrected chi connectivity index (χ1v) is 8.43. The van der Waals surface area contributed by atoms with Gasteiger partial charge in [-0.05, 0) is 49.6 Å². The van der Waals surface area contributed by atoms with E-state index in [9.17, 15) is 0 Å². The Morgan fingerprint density at radius 3 is 2.48 bits per heavy atom. The van der Waals surface area contributed by atoms with E-state index in [0.717, 1.165) is 36.6 Å². The molecule has 1 unspecified atom stereocenters. The molecule has 2 aromatic rings. The molecule has 0 aliphatic rings. The molecule has 3 heteroatoms. The van der Waals surface area contributed by atoms with Gasteiger partial charge in [0, 0.05) is 18.3 Å². The van der Waals surface area contributed by atoms with Gasteiger partial charge < -0.3 is 14.8 Å². The summed E-state index contributed by atoms with van der Waals surface area (Å²) in [5.74, 6) is 1.82. The molecule has 1 atom stereocenters. The number of benzene rings is 2. The smallest absolute Gasteiger partial charge is 0.121 e. The molecule has 0 spiro atoms. The van der Waals surface area contributed by atoms with Crippen LogP contribution in [0.4, 0.5) is 5.69 Å². The van der Waals surface area contributed by atoms with E-state index in [1.807, 2.05) is 36.4 Å². The molecule has 3 nitrogen and oxygen atoms in total. The van der Waals surface area contributed by atoms with E-state index in [0.29, 0.717) is 6.61 Å². The predicted octanol–water partition coefficient (Wildman–Crippen LogP) is 4.92. The highest BCUT2D eigenvalue weighted by Crippen LogP contribution is 2.19. The van der Waals surface area contributed by atoms with Crippen molar-refractivity contribution in [2.45, 2.75) is 39.7 Å². The number of hydrogen-bond donors (Lipinski definition) is 1. The average Bonchev–Trinajstić information content (AvgIpc) is 2.59. The van der Waals surface area contributed by atoms with Crippen molar-refractivity contribution >= 4 is 5.69 Å². The number of aryl methyl sites for hydroxylation is 1. The van der Waals surface area contributed by atoms with Gasteiger partial charge in [-0.2, -0.15) is 0 Å². The lowest BCUT2D eigenvalue weighted by Crippen LogP contribution is -2.12. The SMILES string of the molecule is CCc1ccc(OCCNc2cccc(OC(C)CC)c2)cc1. The number of ether oxygens (including phenoxy) is 2. The monoisotopic (exact) mass is 313 g/mol. The molecule has 0 saturated carbocycles. The van der Waals surface area contributed by atoms with Crippen LogP contribution in [0, 0.1) is 0 Å². The van der Waals surface area contributed by atoms with Gasteiger partial charge in [0.2, 0.25) is 0 Å². The molecule has 0 saturated heterocycles. The fourth-order valence-corrected chi connectivity index (χ4v) is 2.18. The molecule has 23 heavy (non-hydrogen) atoms. The standard InChI is InChI=1S/C20H27NO2/c1-4-16(3)23-20-8-6-7-18(15-20)21-13-14-22-19-11-9-17(5-2)10-12-19/h6-12,15-16,21H,4-5,13-14H2,1-3H3. The average molecular weight is 313 g/mol. The molecule has 0 bridgehead atoms. The van der Waals surface area contributed by atoms with Gasteiger partial charge in [-0.1, -0.05) is 32.0 Å². The fraction of sp³-hybridized carbons (Fsp3) is 0.400. The van der Waals surface area contributed by atoms with Crippen molar-refractivity contribution in [1.82, 2.24) is 0 Å². The first-order chi connectivity index (χ1) is 11.2. The highest BCUT2D eigenvalue weighted by molar-refractivity contribution is 5.48. The van der Waals surface area contributed by atoms with Crippen LogP contribution in [0.25, 0.3) is 0 Å². The Balaban J connectivity index is 1.76. The van der Waals surface area contributed by atoms with Gasteiger partial charge in [0.05, 0.1) is 6.10 Å². The molecule has 2 aromatic carbocycles. The second-order valence-electron chi connectivity index (χ2n) is 5.64. The van der Waals surface area contributed by atoms with Crippen molar-refractivity contribution in [3.8, 4) is 11.5 Å². The van der Waals surface area contributed by atoms with Gasteiger partial charge in [-0.25, -0.2) is 0 Å². The van der Waals surface area contributed by atoms with Crippen LogP contribution in [0.5, 0.6) is 11.5 Å². The van der Waals surface area contributed by atoms with Crippen LogP contribution in [-0.4, -0.2) is 19.3 Å². The maximum Gasteiger partial charge on any atom is 0.121 e. The Bertz CT molecular complexity index is 580. The topological polar surface area (TPSA) is 30.5 Å². The van der Waals surface area contributed by atoms with Crippen molar-refractivity contribution in [2.24, 2.45) is 0 Å². The normalized spacial score (nSPS) is 11.8. The number of hydrogen-bond acceptors (Lipinski definition) is 3. The Hall–Kier alpha value is -2.16. The first kappa shape index (κ1) is 17.2. The zero-order chi connectivity index (χ0) is 16.5. The Morgan fingerprint density at radius 1 is 1.00 bits per heavy atom. The molecule has 0 heterocycles. The Morgan fingerprint density at radius 2 is 1.78 bits per heavy atom. The second kappa shape index (κ2) is 9.09. The molecule has 2 rings (SSSR count). The van der Waals surface area contributed by atoms with Crippen LogP contribution in [0.2, 0.25) is 0 Å². The van der Waals surface area contributed by atoms with Crippen LogP contribution >= 0.6 is 0 Å². The lowest BCUT2D eigenvalue weighted by molar-refractivity contribution is 0.217. The van der Waals surface area contributed by atoms with Crippen LogP contribution < -0.4 is 14.8 Å². The summed E-state index contributed by atoms with van der Waals surface area (Å²) in [6, 6.07) is 16.3. The van der Waals surface area contributed by atoms with Crippen LogP contribution in [0.1, 0.15) is 32.8 Å². The summed E-state index contributed by atoms with van der Waals surface area (Å²) in [7, 11) is 0. The predicted molar refractivity (Wildman–Crippen MR) is 96.6 cm³/mol. The Labute approximate surface area is 139 Å².